The van der Waals surface area contributed by atoms with Gasteiger partial charge in [-0.05, 0) is 5.56 Å². The highest BCUT2D eigenvalue weighted by Crippen LogP contribution is 2.28. The van der Waals surface area contributed by atoms with Crippen LogP contribution in [0.15, 0.2) is 42.5 Å². The molecular formula is C12H13NO2. The van der Waals surface area contributed by atoms with Crippen molar-refractivity contribution in [3.05, 3.63) is 58.2 Å². The molecule has 0 saturated heterocycles. The zero-order valence-electron chi connectivity index (χ0n) is 8.37. The van der Waals surface area contributed by atoms with Crippen LogP contribution in [0.1, 0.15) is 24.3 Å². The van der Waals surface area contributed by atoms with Gasteiger partial charge in [0.05, 0.1) is 0 Å². The minimum Gasteiger partial charge on any atom is -0.264 e. The van der Waals surface area contributed by atoms with E-state index in [9.17, 15) is 10.1 Å². The van der Waals surface area contributed by atoms with E-state index in [1.807, 2.05) is 36.4 Å². The van der Waals surface area contributed by atoms with E-state index in [1.165, 1.54) is 5.56 Å². The molecule has 0 N–H and O–H groups in total. The molecule has 3 heteroatoms. The number of hydrogen-bond acceptors (Lipinski definition) is 2. The third-order valence-corrected chi connectivity index (χ3v) is 2.83. The van der Waals surface area contributed by atoms with Crippen molar-refractivity contribution in [2.45, 2.75) is 24.8 Å². The van der Waals surface area contributed by atoms with E-state index in [-0.39, 0.29) is 10.8 Å². The van der Waals surface area contributed by atoms with E-state index in [2.05, 4.69) is 6.08 Å². The van der Waals surface area contributed by atoms with E-state index < -0.39 is 6.04 Å². The van der Waals surface area contributed by atoms with Crippen LogP contribution in [-0.2, 0) is 0 Å². The molecule has 0 bridgehead atoms. The molecule has 1 aliphatic rings. The second-order valence-electron chi connectivity index (χ2n) is 3.86. The first-order valence-electron chi connectivity index (χ1n) is 5.12. The molecule has 0 radical (unpaired) electrons. The van der Waals surface area contributed by atoms with Crippen LogP contribution in [0, 0.1) is 10.1 Å². The minimum absolute atomic E-state index is 0.167. The van der Waals surface area contributed by atoms with Gasteiger partial charge in [0, 0.05) is 23.7 Å². The van der Waals surface area contributed by atoms with Crippen LogP contribution in [-0.4, -0.2) is 11.0 Å². The van der Waals surface area contributed by atoms with Gasteiger partial charge in [-0.25, -0.2) is 0 Å². The molecule has 0 aromatic heterocycles. The minimum atomic E-state index is -0.416. The summed E-state index contributed by atoms with van der Waals surface area (Å²) in [7, 11) is 0. The van der Waals surface area contributed by atoms with Crippen molar-refractivity contribution in [2.24, 2.45) is 0 Å². The molecule has 1 aromatic rings. The Labute approximate surface area is 88.6 Å². The maximum absolute atomic E-state index is 10.7. The first kappa shape index (κ1) is 9.90. The van der Waals surface area contributed by atoms with Crippen LogP contribution in [0.2, 0.25) is 0 Å². The fourth-order valence-corrected chi connectivity index (χ4v) is 1.99. The largest absolute Gasteiger partial charge is 0.264 e. The maximum atomic E-state index is 10.7. The highest BCUT2D eigenvalue weighted by molar-refractivity contribution is 5.25. The Morgan fingerprint density at radius 1 is 1.27 bits per heavy atom. The predicted octanol–water partition coefficient (Wildman–Crippen LogP) is 2.77. The van der Waals surface area contributed by atoms with Crippen LogP contribution < -0.4 is 0 Å². The smallest absolute Gasteiger partial charge is 0.217 e. The Morgan fingerprint density at radius 2 is 2.00 bits per heavy atom. The Bertz CT molecular complexity index is 372. The molecule has 1 aliphatic carbocycles. The first-order chi connectivity index (χ1) is 7.27. The summed E-state index contributed by atoms with van der Waals surface area (Å²) in [6, 6.07) is 9.54. The van der Waals surface area contributed by atoms with E-state index >= 15 is 0 Å². The van der Waals surface area contributed by atoms with Gasteiger partial charge in [0.15, 0.2) is 0 Å². The number of benzene rings is 1. The number of hydrogen-bond donors (Lipinski definition) is 0. The van der Waals surface area contributed by atoms with Crippen molar-refractivity contribution >= 4 is 0 Å². The van der Waals surface area contributed by atoms with Crippen molar-refractivity contribution in [1.29, 1.82) is 0 Å². The monoisotopic (exact) mass is 203 g/mol. The molecule has 0 fully saturated rings. The topological polar surface area (TPSA) is 43.1 Å². The highest BCUT2D eigenvalue weighted by atomic mass is 16.6. The lowest BCUT2D eigenvalue weighted by molar-refractivity contribution is -0.523. The summed E-state index contributed by atoms with van der Waals surface area (Å²) >= 11 is 0. The Morgan fingerprint density at radius 3 is 2.67 bits per heavy atom. The standard InChI is InChI=1S/C12H13NO2/c14-13(15)12-8-4-7-11(9-12)10-5-2-1-3-6-10/h1-7,11-12H,8-9H2/t11-,12-/m0/s1. The molecule has 0 spiro atoms. The highest BCUT2D eigenvalue weighted by Gasteiger charge is 2.26. The second kappa shape index (κ2) is 4.26. The lowest BCUT2D eigenvalue weighted by Crippen LogP contribution is -2.23. The molecule has 78 valence electrons. The lowest BCUT2D eigenvalue weighted by atomic mass is 9.87. The summed E-state index contributed by atoms with van der Waals surface area (Å²) in [5.41, 5.74) is 1.17. The number of allylic oxidation sites excluding steroid dienone is 1. The van der Waals surface area contributed by atoms with Crippen molar-refractivity contribution in [3.63, 3.8) is 0 Å². The van der Waals surface area contributed by atoms with E-state index in [4.69, 9.17) is 0 Å². The summed E-state index contributed by atoms with van der Waals surface area (Å²) in [6.45, 7) is 0. The molecule has 0 unspecified atom stereocenters. The summed E-state index contributed by atoms with van der Waals surface area (Å²) in [4.78, 5) is 10.5. The van der Waals surface area contributed by atoms with Gasteiger partial charge in [-0.1, -0.05) is 42.5 Å². The van der Waals surface area contributed by atoms with Gasteiger partial charge in [0.25, 0.3) is 0 Å². The maximum Gasteiger partial charge on any atom is 0.217 e. The summed E-state index contributed by atoms with van der Waals surface area (Å²) in [5.74, 6) is 0.204. The van der Waals surface area contributed by atoms with Gasteiger partial charge < -0.3 is 0 Å². The van der Waals surface area contributed by atoms with E-state index in [0.29, 0.717) is 12.8 Å². The molecule has 3 nitrogen and oxygen atoms in total. The van der Waals surface area contributed by atoms with Crippen molar-refractivity contribution in [2.75, 3.05) is 0 Å². The number of nitro groups is 1. The molecule has 2 rings (SSSR count). The lowest BCUT2D eigenvalue weighted by Gasteiger charge is -2.19. The Kier molecular flexibility index (Phi) is 2.81. The van der Waals surface area contributed by atoms with Gasteiger partial charge in [-0.2, -0.15) is 0 Å². The molecule has 15 heavy (non-hydrogen) atoms. The molecule has 0 amide bonds. The summed E-state index contributed by atoms with van der Waals surface area (Å²) in [5, 5.41) is 10.7. The quantitative estimate of drug-likeness (QED) is 0.421. The number of nitrogens with zero attached hydrogens (tertiary/aromatic N) is 1. The first-order valence-corrected chi connectivity index (χ1v) is 5.12. The molecule has 1 aromatic carbocycles. The van der Waals surface area contributed by atoms with Crippen molar-refractivity contribution in [3.8, 4) is 0 Å². The fourth-order valence-electron chi connectivity index (χ4n) is 1.99. The van der Waals surface area contributed by atoms with E-state index in [0.717, 1.165) is 0 Å². The zero-order valence-corrected chi connectivity index (χ0v) is 8.37. The van der Waals surface area contributed by atoms with Gasteiger partial charge in [0.1, 0.15) is 0 Å². The van der Waals surface area contributed by atoms with Crippen LogP contribution >= 0.6 is 0 Å². The molecule has 0 saturated carbocycles. The number of rotatable bonds is 2. The van der Waals surface area contributed by atoms with Crippen LogP contribution in [0.25, 0.3) is 0 Å². The second-order valence-corrected chi connectivity index (χ2v) is 3.86. The average Bonchev–Trinajstić information content (AvgIpc) is 2.30. The van der Waals surface area contributed by atoms with Gasteiger partial charge in [-0.15, -0.1) is 0 Å². The molecule has 0 aliphatic heterocycles. The Balaban J connectivity index is 2.15. The molecule has 2 atom stereocenters. The van der Waals surface area contributed by atoms with Gasteiger partial charge in [-0.3, -0.25) is 10.1 Å². The normalized spacial score (nSPS) is 25.1. The molecule has 0 heterocycles. The fraction of sp³-hybridized carbons (Fsp3) is 0.333. The summed E-state index contributed by atoms with van der Waals surface area (Å²) in [6.07, 6.45) is 5.19. The van der Waals surface area contributed by atoms with Crippen LogP contribution in [0.3, 0.4) is 0 Å². The van der Waals surface area contributed by atoms with Crippen molar-refractivity contribution in [1.82, 2.24) is 0 Å². The zero-order chi connectivity index (χ0) is 10.7. The van der Waals surface area contributed by atoms with Crippen LogP contribution in [0.5, 0.6) is 0 Å². The average molecular weight is 203 g/mol. The predicted molar refractivity (Wildman–Crippen MR) is 58.3 cm³/mol. The third-order valence-electron chi connectivity index (χ3n) is 2.83. The van der Waals surface area contributed by atoms with Crippen LogP contribution in [0.4, 0.5) is 0 Å². The van der Waals surface area contributed by atoms with Gasteiger partial charge in [0.2, 0.25) is 6.04 Å². The third kappa shape index (κ3) is 2.24. The van der Waals surface area contributed by atoms with Crippen molar-refractivity contribution < 1.29 is 4.92 Å². The van der Waals surface area contributed by atoms with E-state index in [1.54, 1.807) is 0 Å². The Hall–Kier alpha value is -1.64. The summed E-state index contributed by atoms with van der Waals surface area (Å²) < 4.78 is 0. The molecular weight excluding hydrogens is 190 g/mol. The SMILES string of the molecule is O=[N+]([O-])[C@H]1CC=C[C@H](c2ccccc2)C1. The van der Waals surface area contributed by atoms with Gasteiger partial charge >= 0.3 is 0 Å².